The zero-order valence-corrected chi connectivity index (χ0v) is 17.3. The molecule has 1 amide bonds. The van der Waals surface area contributed by atoms with Gasteiger partial charge in [0, 0.05) is 21.8 Å². The normalized spacial score (nSPS) is 11.4. The van der Waals surface area contributed by atoms with Crippen LogP contribution in [-0.4, -0.2) is 23.8 Å². The van der Waals surface area contributed by atoms with Crippen molar-refractivity contribution in [3.8, 4) is 0 Å². The van der Waals surface area contributed by atoms with E-state index in [-0.39, 0.29) is 17.3 Å². The third kappa shape index (κ3) is 5.33. The highest BCUT2D eigenvalue weighted by Gasteiger charge is 2.20. The van der Waals surface area contributed by atoms with Crippen LogP contribution in [0.4, 0.5) is 5.69 Å². The monoisotopic (exact) mass is 421 g/mol. The van der Waals surface area contributed by atoms with Gasteiger partial charge >= 0.3 is 5.97 Å². The molecule has 1 N–H and O–H groups in total. The van der Waals surface area contributed by atoms with Crippen LogP contribution in [0.2, 0.25) is 5.02 Å². The number of aryl methyl sites for hydroxylation is 1. The first kappa shape index (κ1) is 21.3. The van der Waals surface area contributed by atoms with Crippen molar-refractivity contribution in [2.75, 3.05) is 5.32 Å². The smallest absolute Gasteiger partial charge is 0.338 e. The van der Waals surface area contributed by atoms with Crippen molar-refractivity contribution in [1.82, 2.24) is 0 Å². The van der Waals surface area contributed by atoms with Gasteiger partial charge in [0.15, 0.2) is 6.10 Å². The quantitative estimate of drug-likeness (QED) is 0.431. The molecule has 0 aliphatic heterocycles. The molecular weight excluding hydrogens is 402 g/mol. The van der Waals surface area contributed by atoms with Gasteiger partial charge in [-0.3, -0.25) is 9.59 Å². The van der Waals surface area contributed by atoms with Crippen LogP contribution < -0.4 is 5.32 Å². The van der Waals surface area contributed by atoms with E-state index in [1.165, 1.54) is 12.1 Å². The third-order valence-electron chi connectivity index (χ3n) is 4.47. The first-order valence-electron chi connectivity index (χ1n) is 9.32. The molecule has 5 nitrogen and oxygen atoms in total. The first-order valence-corrected chi connectivity index (χ1v) is 9.70. The lowest BCUT2D eigenvalue weighted by atomic mass is 10.1. The van der Waals surface area contributed by atoms with Crippen molar-refractivity contribution >= 4 is 34.9 Å². The van der Waals surface area contributed by atoms with E-state index in [4.69, 9.17) is 16.3 Å². The van der Waals surface area contributed by atoms with E-state index in [9.17, 15) is 14.4 Å². The van der Waals surface area contributed by atoms with Gasteiger partial charge in [0.05, 0.1) is 5.56 Å². The van der Waals surface area contributed by atoms with Gasteiger partial charge < -0.3 is 10.1 Å². The zero-order valence-electron chi connectivity index (χ0n) is 16.5. The molecule has 0 radical (unpaired) electrons. The summed E-state index contributed by atoms with van der Waals surface area (Å²) in [5.74, 6) is -1.17. The fourth-order valence-electron chi connectivity index (χ4n) is 2.73. The highest BCUT2D eigenvalue weighted by atomic mass is 35.5. The first-order chi connectivity index (χ1) is 14.3. The van der Waals surface area contributed by atoms with Crippen molar-refractivity contribution in [2.45, 2.75) is 20.0 Å². The number of rotatable bonds is 6. The maximum atomic E-state index is 12.4. The predicted octanol–water partition coefficient (Wildman–Crippen LogP) is 5.33. The Morgan fingerprint density at radius 2 is 1.33 bits per heavy atom. The van der Waals surface area contributed by atoms with Crippen LogP contribution >= 0.6 is 11.6 Å². The summed E-state index contributed by atoms with van der Waals surface area (Å²) in [6, 6.07) is 19.8. The van der Waals surface area contributed by atoms with E-state index in [2.05, 4.69) is 5.32 Å². The highest BCUT2D eigenvalue weighted by Crippen LogP contribution is 2.16. The zero-order chi connectivity index (χ0) is 21.7. The van der Waals surface area contributed by atoms with Crippen LogP contribution in [0.15, 0.2) is 72.8 Å². The lowest BCUT2D eigenvalue weighted by Crippen LogP contribution is -2.24. The maximum Gasteiger partial charge on any atom is 0.338 e. The summed E-state index contributed by atoms with van der Waals surface area (Å²) in [5, 5.41) is 3.29. The molecule has 3 rings (SSSR count). The van der Waals surface area contributed by atoms with Gasteiger partial charge in [-0.05, 0) is 62.4 Å². The van der Waals surface area contributed by atoms with Crippen LogP contribution in [0.25, 0.3) is 0 Å². The standard InChI is InChI=1S/C24H20ClNO4/c1-15-3-5-17(6-4-15)22(27)16(2)30-24(29)19-9-13-21(14-10-19)26-23(28)18-7-11-20(25)12-8-18/h3-14,16H,1-2H3,(H,26,28). The molecule has 152 valence electrons. The molecule has 0 saturated carbocycles. The largest absolute Gasteiger partial charge is 0.451 e. The number of benzene rings is 3. The number of amides is 1. The summed E-state index contributed by atoms with van der Waals surface area (Å²) in [5.41, 5.74) is 2.80. The molecule has 3 aromatic carbocycles. The van der Waals surface area contributed by atoms with Gasteiger partial charge in [0.2, 0.25) is 5.78 Å². The van der Waals surface area contributed by atoms with E-state index in [0.717, 1.165) is 5.56 Å². The summed E-state index contributed by atoms with van der Waals surface area (Å²) in [6.07, 6.45) is -0.913. The van der Waals surface area contributed by atoms with Gasteiger partial charge in [-0.25, -0.2) is 4.79 Å². The second-order valence-electron chi connectivity index (χ2n) is 6.82. The molecule has 3 aromatic rings. The van der Waals surface area contributed by atoms with Crippen LogP contribution in [0, 0.1) is 6.92 Å². The molecule has 30 heavy (non-hydrogen) atoms. The Hall–Kier alpha value is -3.44. The third-order valence-corrected chi connectivity index (χ3v) is 4.73. The molecule has 0 aliphatic rings. The lowest BCUT2D eigenvalue weighted by Gasteiger charge is -2.13. The molecule has 0 aromatic heterocycles. The van der Waals surface area contributed by atoms with Crippen molar-refractivity contribution in [1.29, 1.82) is 0 Å². The van der Waals surface area contributed by atoms with Gasteiger partial charge in [0.1, 0.15) is 0 Å². The number of carbonyl (C=O) groups is 3. The van der Waals surface area contributed by atoms with Gasteiger partial charge in [0.25, 0.3) is 5.91 Å². The summed E-state index contributed by atoms with van der Waals surface area (Å²) < 4.78 is 5.30. The molecule has 0 aliphatic carbocycles. The highest BCUT2D eigenvalue weighted by molar-refractivity contribution is 6.30. The fraction of sp³-hybridized carbons (Fsp3) is 0.125. The second-order valence-corrected chi connectivity index (χ2v) is 7.25. The van der Waals surface area contributed by atoms with E-state index in [0.29, 0.717) is 21.8 Å². The fourth-order valence-corrected chi connectivity index (χ4v) is 2.85. The Kier molecular flexibility index (Phi) is 6.65. The molecule has 0 saturated heterocycles. The van der Waals surface area contributed by atoms with E-state index >= 15 is 0 Å². The van der Waals surface area contributed by atoms with Crippen molar-refractivity contribution in [2.24, 2.45) is 0 Å². The van der Waals surface area contributed by atoms with Crippen LogP contribution in [0.3, 0.4) is 0 Å². The van der Waals surface area contributed by atoms with E-state index < -0.39 is 12.1 Å². The number of carbonyl (C=O) groups excluding carboxylic acids is 3. The number of ketones is 1. The molecule has 0 fully saturated rings. The number of anilines is 1. The van der Waals surface area contributed by atoms with Gasteiger partial charge in [-0.2, -0.15) is 0 Å². The molecule has 0 spiro atoms. The molecular formula is C24H20ClNO4. The molecule has 6 heteroatoms. The maximum absolute atomic E-state index is 12.4. The van der Waals surface area contributed by atoms with Crippen LogP contribution in [0.5, 0.6) is 0 Å². The number of hydrogen-bond donors (Lipinski definition) is 1. The van der Waals surface area contributed by atoms with Crippen molar-refractivity contribution in [3.05, 3.63) is 100 Å². The van der Waals surface area contributed by atoms with Crippen LogP contribution in [-0.2, 0) is 4.74 Å². The topological polar surface area (TPSA) is 72.5 Å². The number of halogens is 1. The Balaban J connectivity index is 1.60. The SMILES string of the molecule is Cc1ccc(C(=O)C(C)OC(=O)c2ccc(NC(=O)c3ccc(Cl)cc3)cc2)cc1. The van der Waals surface area contributed by atoms with Crippen LogP contribution in [0.1, 0.15) is 43.6 Å². The lowest BCUT2D eigenvalue weighted by molar-refractivity contribution is 0.0319. The minimum Gasteiger partial charge on any atom is -0.451 e. The van der Waals surface area contributed by atoms with Gasteiger partial charge in [-0.15, -0.1) is 0 Å². The Morgan fingerprint density at radius 1 is 0.800 bits per heavy atom. The minimum atomic E-state index is -0.913. The molecule has 1 atom stereocenters. The number of Topliss-reactive ketones (excluding diaryl/α,β-unsaturated/α-hetero) is 1. The average Bonchev–Trinajstić information content (AvgIpc) is 2.74. The molecule has 0 heterocycles. The number of hydrogen-bond acceptors (Lipinski definition) is 4. The Morgan fingerprint density at radius 3 is 1.93 bits per heavy atom. The molecule has 1 unspecified atom stereocenters. The minimum absolute atomic E-state index is 0.268. The average molecular weight is 422 g/mol. The van der Waals surface area contributed by atoms with Crippen molar-refractivity contribution < 1.29 is 19.1 Å². The van der Waals surface area contributed by atoms with Gasteiger partial charge in [-0.1, -0.05) is 41.4 Å². The molecule has 0 bridgehead atoms. The Bertz CT molecular complexity index is 1060. The van der Waals surface area contributed by atoms with Crippen molar-refractivity contribution in [3.63, 3.8) is 0 Å². The number of ether oxygens (including phenoxy) is 1. The Labute approximate surface area is 179 Å². The summed E-state index contributed by atoms with van der Waals surface area (Å²) in [4.78, 5) is 37.0. The summed E-state index contributed by atoms with van der Waals surface area (Å²) in [6.45, 7) is 3.47. The number of esters is 1. The van der Waals surface area contributed by atoms with E-state index in [1.807, 2.05) is 19.1 Å². The van der Waals surface area contributed by atoms with E-state index in [1.54, 1.807) is 55.5 Å². The summed E-state index contributed by atoms with van der Waals surface area (Å²) >= 11 is 5.82. The summed E-state index contributed by atoms with van der Waals surface area (Å²) in [7, 11) is 0. The second kappa shape index (κ2) is 9.37. The number of nitrogens with one attached hydrogen (secondary N) is 1. The predicted molar refractivity (Wildman–Crippen MR) is 116 cm³/mol.